The average molecular weight is 551 g/mol. The summed E-state index contributed by atoms with van der Waals surface area (Å²) in [4.78, 5) is 46.3. The zero-order valence-corrected chi connectivity index (χ0v) is 23.2. The first-order chi connectivity index (χ1) is 19.6. The van der Waals surface area contributed by atoms with Crippen molar-refractivity contribution in [2.45, 2.75) is 38.9 Å². The number of nitrogens with one attached hydrogen (secondary N) is 1. The lowest BCUT2D eigenvalue weighted by Crippen LogP contribution is -2.50. The number of nitrogens with zero attached hydrogens (tertiary/aromatic N) is 5. The normalized spacial score (nSPS) is 12.2. The van der Waals surface area contributed by atoms with Gasteiger partial charge in [0.1, 0.15) is 18.1 Å². The van der Waals surface area contributed by atoms with E-state index >= 15 is 0 Å². The molecule has 0 unspecified atom stereocenters. The van der Waals surface area contributed by atoms with Gasteiger partial charge in [-0.25, -0.2) is 9.48 Å². The summed E-state index contributed by atoms with van der Waals surface area (Å²) < 4.78 is 6.35. The number of methoxy groups -OCH3 is 1. The Labute approximate surface area is 236 Å². The number of para-hydroxylation sites is 2. The van der Waals surface area contributed by atoms with E-state index in [2.05, 4.69) is 20.6 Å². The van der Waals surface area contributed by atoms with Crippen molar-refractivity contribution in [1.82, 2.24) is 25.3 Å². The highest BCUT2D eigenvalue weighted by molar-refractivity contribution is 6.03. The second-order valence-corrected chi connectivity index (χ2v) is 10.6. The highest BCUT2D eigenvalue weighted by atomic mass is 16.5. The van der Waals surface area contributed by atoms with E-state index in [4.69, 9.17) is 4.74 Å². The Morgan fingerprint density at radius 2 is 1.63 bits per heavy atom. The Balaban J connectivity index is 1.65. The molecular weight excluding hydrogens is 520 g/mol. The van der Waals surface area contributed by atoms with Crippen molar-refractivity contribution < 1.29 is 19.1 Å². The van der Waals surface area contributed by atoms with E-state index in [0.717, 1.165) is 10.9 Å². The van der Waals surface area contributed by atoms with Crippen LogP contribution in [-0.4, -0.2) is 50.4 Å². The number of rotatable bonds is 7. The molecule has 41 heavy (non-hydrogen) atoms. The average Bonchev–Trinajstić information content (AvgIpc) is 3.36. The highest BCUT2D eigenvalue weighted by Gasteiger charge is 2.35. The molecule has 0 bridgehead atoms. The maximum atomic E-state index is 14.3. The Kier molecular flexibility index (Phi) is 7.47. The van der Waals surface area contributed by atoms with E-state index in [1.165, 1.54) is 16.7 Å². The van der Waals surface area contributed by atoms with Gasteiger partial charge in [-0.3, -0.25) is 19.5 Å². The Hall–Kier alpha value is -5.12. The second-order valence-electron chi connectivity index (χ2n) is 10.6. The molecule has 0 aliphatic rings. The number of pyridine rings is 1. The van der Waals surface area contributed by atoms with Crippen LogP contribution in [0.1, 0.15) is 42.7 Å². The van der Waals surface area contributed by atoms with E-state index in [-0.39, 0.29) is 6.54 Å². The molecule has 208 valence electrons. The topological polar surface area (TPSA) is 119 Å². The number of carbonyl (C=O) groups excluding carboxylic acids is 3. The number of fused-ring (bicyclic) bond motifs is 2. The van der Waals surface area contributed by atoms with Crippen LogP contribution in [0.15, 0.2) is 85.1 Å². The largest absolute Gasteiger partial charge is 0.465 e. The van der Waals surface area contributed by atoms with Gasteiger partial charge < -0.3 is 10.1 Å². The van der Waals surface area contributed by atoms with E-state index < -0.39 is 29.4 Å². The zero-order valence-electron chi connectivity index (χ0n) is 23.2. The van der Waals surface area contributed by atoms with Gasteiger partial charge in [0.25, 0.3) is 0 Å². The van der Waals surface area contributed by atoms with Crippen LogP contribution in [0.3, 0.4) is 0 Å². The molecule has 0 saturated carbocycles. The number of ether oxygens (including phenoxy) is 1. The molecule has 2 amide bonds. The van der Waals surface area contributed by atoms with Crippen molar-refractivity contribution in [2.75, 3.05) is 12.0 Å². The Morgan fingerprint density at radius 1 is 0.951 bits per heavy atom. The number of amides is 2. The summed E-state index contributed by atoms with van der Waals surface area (Å²) in [5.41, 5.74) is 2.78. The third-order valence-corrected chi connectivity index (χ3v) is 6.48. The third-order valence-electron chi connectivity index (χ3n) is 6.48. The Bertz CT molecular complexity index is 1740. The molecule has 0 fully saturated rings. The lowest BCUT2D eigenvalue weighted by atomic mass is 9.99. The molecule has 0 radical (unpaired) electrons. The maximum Gasteiger partial charge on any atom is 0.337 e. The number of hydrogen-bond donors (Lipinski definition) is 1. The number of hydrogen-bond acceptors (Lipinski definition) is 7. The van der Waals surface area contributed by atoms with Gasteiger partial charge in [0, 0.05) is 10.9 Å². The smallest absolute Gasteiger partial charge is 0.337 e. The van der Waals surface area contributed by atoms with Gasteiger partial charge in [-0.2, -0.15) is 0 Å². The van der Waals surface area contributed by atoms with Crippen LogP contribution >= 0.6 is 0 Å². The molecule has 0 aliphatic heterocycles. The van der Waals surface area contributed by atoms with Crippen LogP contribution in [-0.2, 0) is 20.9 Å². The van der Waals surface area contributed by atoms with Gasteiger partial charge in [0.2, 0.25) is 11.8 Å². The first-order valence-corrected chi connectivity index (χ1v) is 13.1. The predicted molar refractivity (Wildman–Crippen MR) is 155 cm³/mol. The fourth-order valence-corrected chi connectivity index (χ4v) is 4.64. The van der Waals surface area contributed by atoms with Gasteiger partial charge in [-0.1, -0.05) is 47.7 Å². The number of carbonyl (C=O) groups is 3. The molecule has 1 N–H and O–H groups in total. The summed E-state index contributed by atoms with van der Waals surface area (Å²) >= 11 is 0. The number of anilines is 1. The lowest BCUT2D eigenvalue weighted by Gasteiger charge is -2.33. The van der Waals surface area contributed by atoms with Crippen molar-refractivity contribution >= 4 is 45.4 Å². The fourth-order valence-electron chi connectivity index (χ4n) is 4.64. The molecule has 5 aromatic rings. The first-order valence-electron chi connectivity index (χ1n) is 13.1. The molecule has 1 atom stereocenters. The van der Waals surface area contributed by atoms with Crippen molar-refractivity contribution in [3.05, 3.63) is 96.2 Å². The van der Waals surface area contributed by atoms with Crippen LogP contribution < -0.4 is 10.2 Å². The van der Waals surface area contributed by atoms with Crippen molar-refractivity contribution in [3.8, 4) is 0 Å². The van der Waals surface area contributed by atoms with Gasteiger partial charge in [0.05, 0.1) is 35.6 Å². The molecule has 2 aromatic heterocycles. The summed E-state index contributed by atoms with van der Waals surface area (Å²) in [6.45, 7) is 5.43. The summed E-state index contributed by atoms with van der Waals surface area (Å²) in [6, 6.07) is 22.1. The van der Waals surface area contributed by atoms with Gasteiger partial charge in [-0.15, -0.1) is 5.10 Å². The van der Waals surface area contributed by atoms with E-state index in [1.807, 2.05) is 75.4 Å². The standard InChI is InChI=1S/C31H30N6O4/c1-31(2,3)33-29(39)28(20-13-15-21(16-14-20)30(40)41-4)37(23-17-22-9-5-6-10-24(22)32-18-23)27(38)19-36-26-12-8-7-11-25(26)34-35-36/h5-18,28H,19H2,1-4H3,(H,33,39)/t28-/m1/s1. The number of aromatic nitrogens is 4. The third kappa shape index (κ3) is 5.91. The quantitative estimate of drug-likeness (QED) is 0.297. The number of esters is 1. The first kappa shape index (κ1) is 27.4. The fraction of sp³-hybridized carbons (Fsp3) is 0.226. The maximum absolute atomic E-state index is 14.3. The minimum atomic E-state index is -1.09. The Morgan fingerprint density at radius 3 is 2.34 bits per heavy atom. The van der Waals surface area contributed by atoms with Crippen molar-refractivity contribution in [1.29, 1.82) is 0 Å². The summed E-state index contributed by atoms with van der Waals surface area (Å²) in [5.74, 6) is -1.30. The van der Waals surface area contributed by atoms with Crippen LogP contribution in [0, 0.1) is 0 Å². The number of benzene rings is 3. The van der Waals surface area contributed by atoms with Crippen molar-refractivity contribution in [2.24, 2.45) is 0 Å². The molecule has 0 spiro atoms. The van der Waals surface area contributed by atoms with Crippen molar-refractivity contribution in [3.63, 3.8) is 0 Å². The van der Waals surface area contributed by atoms with E-state index in [0.29, 0.717) is 27.8 Å². The van der Waals surface area contributed by atoms with Gasteiger partial charge in [0.15, 0.2) is 0 Å². The summed E-state index contributed by atoms with van der Waals surface area (Å²) in [6.07, 6.45) is 1.58. The van der Waals surface area contributed by atoms with E-state index in [1.54, 1.807) is 30.5 Å². The molecule has 0 aliphatic carbocycles. The van der Waals surface area contributed by atoms with Gasteiger partial charge >= 0.3 is 5.97 Å². The monoisotopic (exact) mass is 550 g/mol. The molecule has 3 aromatic carbocycles. The summed E-state index contributed by atoms with van der Waals surface area (Å²) in [5, 5.41) is 12.2. The minimum Gasteiger partial charge on any atom is -0.465 e. The van der Waals surface area contributed by atoms with Crippen LogP contribution in [0.4, 0.5) is 5.69 Å². The highest BCUT2D eigenvalue weighted by Crippen LogP contribution is 2.31. The zero-order chi connectivity index (χ0) is 29.1. The molecule has 10 heteroatoms. The van der Waals surface area contributed by atoms with Crippen LogP contribution in [0.5, 0.6) is 0 Å². The SMILES string of the molecule is COC(=O)c1ccc([C@H](C(=O)NC(C)(C)C)N(C(=O)Cn2nnc3ccccc32)c2cnc3ccccc3c2)cc1. The molecule has 5 rings (SSSR count). The minimum absolute atomic E-state index is 0.174. The van der Waals surface area contributed by atoms with Gasteiger partial charge in [-0.05, 0) is 62.7 Å². The molecule has 2 heterocycles. The molecule has 10 nitrogen and oxygen atoms in total. The second kappa shape index (κ2) is 11.2. The van der Waals surface area contributed by atoms with E-state index in [9.17, 15) is 14.4 Å². The summed E-state index contributed by atoms with van der Waals surface area (Å²) in [7, 11) is 1.30. The lowest BCUT2D eigenvalue weighted by molar-refractivity contribution is -0.128. The molecular formula is C31H30N6O4. The van der Waals surface area contributed by atoms with Crippen LogP contribution in [0.2, 0.25) is 0 Å². The van der Waals surface area contributed by atoms with Crippen LogP contribution in [0.25, 0.3) is 21.9 Å². The predicted octanol–water partition coefficient (Wildman–Crippen LogP) is 4.46. The molecule has 0 saturated heterocycles.